The van der Waals surface area contributed by atoms with E-state index < -0.39 is 42.2 Å². The van der Waals surface area contributed by atoms with Gasteiger partial charge < -0.3 is 15.2 Å². The number of carbonyl (C=O) groups excluding carboxylic acids is 1. The second-order valence-corrected chi connectivity index (χ2v) is 5.22. The molecule has 0 aliphatic rings. The summed E-state index contributed by atoms with van der Waals surface area (Å²) >= 11 is 0. The highest BCUT2D eigenvalue weighted by atomic mass is 19.4. The predicted molar refractivity (Wildman–Crippen MR) is 81.3 cm³/mol. The minimum absolute atomic E-state index is 0.202. The summed E-state index contributed by atoms with van der Waals surface area (Å²) in [7, 11) is 0. The predicted octanol–water partition coefficient (Wildman–Crippen LogP) is 2.77. The number of rotatable bonds is 6. The molecule has 0 unspecified atom stereocenters. The van der Waals surface area contributed by atoms with Gasteiger partial charge in [0.2, 0.25) is 5.60 Å². The van der Waals surface area contributed by atoms with Crippen LogP contribution in [0.5, 0.6) is 5.75 Å². The zero-order chi connectivity index (χ0) is 18.5. The van der Waals surface area contributed by atoms with Crippen LogP contribution in [0, 0.1) is 5.82 Å². The lowest BCUT2D eigenvalue weighted by Crippen LogP contribution is -2.51. The summed E-state index contributed by atoms with van der Waals surface area (Å²) in [6, 6.07) is 11.7. The van der Waals surface area contributed by atoms with Gasteiger partial charge in [0.15, 0.2) is 18.2 Å². The summed E-state index contributed by atoms with van der Waals surface area (Å²) in [4.78, 5) is 11.7. The van der Waals surface area contributed by atoms with Gasteiger partial charge >= 0.3 is 6.18 Å². The van der Waals surface area contributed by atoms with Crippen LogP contribution in [0.1, 0.15) is 5.56 Å². The van der Waals surface area contributed by atoms with Crippen molar-refractivity contribution in [2.24, 2.45) is 0 Å². The number of aliphatic hydroxyl groups is 1. The van der Waals surface area contributed by atoms with Crippen LogP contribution in [0.4, 0.5) is 17.6 Å². The number of benzene rings is 2. The molecule has 134 valence electrons. The summed E-state index contributed by atoms with van der Waals surface area (Å²) in [6.45, 7) is -1.79. The van der Waals surface area contributed by atoms with Crippen molar-refractivity contribution in [1.82, 2.24) is 5.32 Å². The molecular formula is C17H15F4NO3. The van der Waals surface area contributed by atoms with Crippen LogP contribution in [0.25, 0.3) is 0 Å². The van der Waals surface area contributed by atoms with Crippen molar-refractivity contribution in [3.63, 3.8) is 0 Å². The molecule has 0 saturated heterocycles. The maximum absolute atomic E-state index is 13.3. The van der Waals surface area contributed by atoms with Crippen LogP contribution < -0.4 is 10.1 Å². The molecule has 0 aliphatic heterocycles. The van der Waals surface area contributed by atoms with Gasteiger partial charge in [-0.15, -0.1) is 0 Å². The second-order valence-electron chi connectivity index (χ2n) is 5.22. The van der Waals surface area contributed by atoms with Gasteiger partial charge in [-0.1, -0.05) is 42.5 Å². The Balaban J connectivity index is 2.01. The van der Waals surface area contributed by atoms with Gasteiger partial charge in [-0.25, -0.2) is 4.39 Å². The highest BCUT2D eigenvalue weighted by molar-refractivity contribution is 5.77. The van der Waals surface area contributed by atoms with E-state index >= 15 is 0 Å². The lowest BCUT2D eigenvalue weighted by Gasteiger charge is -2.31. The molecule has 2 aromatic carbocycles. The topological polar surface area (TPSA) is 58.6 Å². The van der Waals surface area contributed by atoms with Gasteiger partial charge in [-0.3, -0.25) is 4.79 Å². The van der Waals surface area contributed by atoms with Crippen LogP contribution in [-0.2, 0) is 10.4 Å². The fourth-order valence-electron chi connectivity index (χ4n) is 2.06. The quantitative estimate of drug-likeness (QED) is 0.782. The third kappa shape index (κ3) is 4.48. The minimum Gasteiger partial charge on any atom is -0.481 e. The Labute approximate surface area is 141 Å². The van der Waals surface area contributed by atoms with Crippen molar-refractivity contribution in [3.8, 4) is 5.75 Å². The van der Waals surface area contributed by atoms with Gasteiger partial charge in [-0.2, -0.15) is 13.2 Å². The number of hydrogen-bond donors (Lipinski definition) is 2. The zero-order valence-electron chi connectivity index (χ0n) is 12.9. The normalized spacial score (nSPS) is 13.8. The molecule has 2 N–H and O–H groups in total. The number of amides is 1. The molecule has 8 heteroatoms. The maximum atomic E-state index is 13.3. The summed E-state index contributed by atoms with van der Waals surface area (Å²) in [5.74, 6) is -1.83. The summed E-state index contributed by atoms with van der Waals surface area (Å²) in [5, 5.41) is 12.0. The largest absolute Gasteiger partial charge is 0.481 e. The van der Waals surface area contributed by atoms with Gasteiger partial charge in [-0.05, 0) is 17.7 Å². The molecule has 0 saturated carbocycles. The third-order valence-electron chi connectivity index (χ3n) is 3.46. The monoisotopic (exact) mass is 357 g/mol. The third-order valence-corrected chi connectivity index (χ3v) is 3.46. The molecule has 2 rings (SSSR count). The Morgan fingerprint density at radius 2 is 1.64 bits per heavy atom. The minimum atomic E-state index is -5.01. The van der Waals surface area contributed by atoms with E-state index in [4.69, 9.17) is 4.74 Å². The molecule has 2 aromatic rings. The number of halogens is 4. The standard InChI is InChI=1S/C17H15F4NO3/c18-13-8-4-5-9-14(13)25-10-15(23)22-11-16(24,17(19,20)21)12-6-2-1-3-7-12/h1-9,24H,10-11H2,(H,22,23)/t16-/m0/s1. The molecule has 1 amide bonds. The Hall–Kier alpha value is -2.61. The molecule has 0 spiro atoms. The first-order valence-corrected chi connectivity index (χ1v) is 7.23. The van der Waals surface area contributed by atoms with E-state index in [-0.39, 0.29) is 5.75 Å². The van der Waals surface area contributed by atoms with E-state index in [0.29, 0.717) is 0 Å². The molecular weight excluding hydrogens is 342 g/mol. The van der Waals surface area contributed by atoms with E-state index in [0.717, 1.165) is 18.2 Å². The van der Waals surface area contributed by atoms with Crippen molar-refractivity contribution in [2.45, 2.75) is 11.8 Å². The molecule has 0 aliphatic carbocycles. The van der Waals surface area contributed by atoms with Crippen LogP contribution in [0.15, 0.2) is 54.6 Å². The number of carbonyl (C=O) groups is 1. The number of ether oxygens (including phenoxy) is 1. The van der Waals surface area contributed by atoms with Crippen molar-refractivity contribution in [1.29, 1.82) is 0 Å². The number of para-hydroxylation sites is 1. The van der Waals surface area contributed by atoms with E-state index in [1.165, 1.54) is 36.4 Å². The molecule has 4 nitrogen and oxygen atoms in total. The van der Waals surface area contributed by atoms with Gasteiger partial charge in [0.25, 0.3) is 5.91 Å². The SMILES string of the molecule is O=C(COc1ccccc1F)NC[C@](O)(c1ccccc1)C(F)(F)F. The Kier molecular flexibility index (Phi) is 5.63. The first-order valence-electron chi connectivity index (χ1n) is 7.23. The van der Waals surface area contributed by atoms with Gasteiger partial charge in [0.1, 0.15) is 0 Å². The average Bonchev–Trinajstić information content (AvgIpc) is 2.58. The molecule has 0 aromatic heterocycles. The van der Waals surface area contributed by atoms with E-state index in [1.807, 2.05) is 5.32 Å². The van der Waals surface area contributed by atoms with Gasteiger partial charge in [0.05, 0.1) is 6.54 Å². The fourth-order valence-corrected chi connectivity index (χ4v) is 2.06. The molecule has 0 heterocycles. The lowest BCUT2D eigenvalue weighted by atomic mass is 9.93. The summed E-state index contributed by atoms with van der Waals surface area (Å²) < 4.78 is 58.0. The maximum Gasteiger partial charge on any atom is 0.423 e. The molecule has 0 bridgehead atoms. The van der Waals surface area contributed by atoms with Crippen molar-refractivity contribution >= 4 is 5.91 Å². The highest BCUT2D eigenvalue weighted by Gasteiger charge is 2.55. The van der Waals surface area contributed by atoms with Crippen molar-refractivity contribution < 1.29 is 32.2 Å². The first-order chi connectivity index (χ1) is 11.7. The van der Waals surface area contributed by atoms with Crippen molar-refractivity contribution in [2.75, 3.05) is 13.2 Å². The summed E-state index contributed by atoms with van der Waals surface area (Å²) in [6.07, 6.45) is -5.01. The number of alkyl halides is 3. The van der Waals surface area contributed by atoms with E-state index in [2.05, 4.69) is 0 Å². The van der Waals surface area contributed by atoms with Gasteiger partial charge in [0, 0.05) is 0 Å². The molecule has 1 atom stereocenters. The van der Waals surface area contributed by atoms with Crippen LogP contribution in [-0.4, -0.2) is 30.3 Å². The molecule has 25 heavy (non-hydrogen) atoms. The van der Waals surface area contributed by atoms with Crippen molar-refractivity contribution in [3.05, 3.63) is 66.0 Å². The summed E-state index contributed by atoms with van der Waals surface area (Å²) in [5.41, 5.74) is -3.65. The van der Waals surface area contributed by atoms with Crippen LogP contribution in [0.3, 0.4) is 0 Å². The Bertz CT molecular complexity index is 721. The fraction of sp³-hybridized carbons (Fsp3) is 0.235. The molecule has 0 fully saturated rings. The van der Waals surface area contributed by atoms with Crippen LogP contribution in [0.2, 0.25) is 0 Å². The lowest BCUT2D eigenvalue weighted by molar-refractivity contribution is -0.264. The zero-order valence-corrected chi connectivity index (χ0v) is 12.9. The second kappa shape index (κ2) is 7.52. The van der Waals surface area contributed by atoms with E-state index in [1.54, 1.807) is 0 Å². The highest BCUT2D eigenvalue weighted by Crippen LogP contribution is 2.38. The Morgan fingerprint density at radius 3 is 2.24 bits per heavy atom. The molecule has 0 radical (unpaired) electrons. The smallest absolute Gasteiger partial charge is 0.423 e. The van der Waals surface area contributed by atoms with E-state index in [9.17, 15) is 27.5 Å². The first kappa shape index (κ1) is 18.7. The van der Waals surface area contributed by atoms with Crippen LogP contribution >= 0.6 is 0 Å². The number of hydrogen-bond acceptors (Lipinski definition) is 3. The Morgan fingerprint density at radius 1 is 1.04 bits per heavy atom. The average molecular weight is 357 g/mol. The number of nitrogens with one attached hydrogen (secondary N) is 1.